The Hall–Kier alpha value is -0.0831. The zero-order valence-corrected chi connectivity index (χ0v) is 8.23. The minimum absolute atomic E-state index is 0.571. The summed E-state index contributed by atoms with van der Waals surface area (Å²) in [6.07, 6.45) is 0. The number of hydrogen-bond acceptors (Lipinski definition) is 1. The molecular weight excluding hydrogens is 114 g/mol. The highest BCUT2D eigenvalue weighted by Crippen LogP contribution is 1.97. The fourth-order valence-electron chi connectivity index (χ4n) is 0.441. The maximum absolute atomic E-state index is 3.90. The topological polar surface area (TPSA) is 3.24 Å². The van der Waals surface area contributed by atoms with Crippen molar-refractivity contribution in [2.75, 3.05) is 14.1 Å². The normalized spacial score (nSPS) is 14.5. The van der Waals surface area contributed by atoms with Crippen LogP contribution in [0.4, 0.5) is 0 Å². The fraction of sp³-hybridized carbons (Fsp3) is 0.667. The molecule has 1 atom stereocenters. The molecule has 0 aliphatic heterocycles. The standard InChI is InChI=1S/C6H15NSi/c1-5(6(2)8)7(3)4/h5H,2H2,1,3-4,8H3. The maximum Gasteiger partial charge on any atom is 0.0345 e. The van der Waals surface area contributed by atoms with Gasteiger partial charge in [0.05, 0.1) is 0 Å². The van der Waals surface area contributed by atoms with Crippen molar-refractivity contribution in [3.63, 3.8) is 0 Å². The SMILES string of the molecule is C=C([SiH3])C(C)N(C)C. The molecule has 1 nitrogen and oxygen atoms in total. The van der Waals surface area contributed by atoms with Crippen molar-refractivity contribution in [3.05, 3.63) is 11.8 Å². The van der Waals surface area contributed by atoms with E-state index in [0.29, 0.717) is 6.04 Å². The van der Waals surface area contributed by atoms with E-state index in [2.05, 4.69) is 32.5 Å². The van der Waals surface area contributed by atoms with Crippen LogP contribution in [0, 0.1) is 0 Å². The third kappa shape index (κ3) is 2.28. The van der Waals surface area contributed by atoms with Gasteiger partial charge >= 0.3 is 0 Å². The van der Waals surface area contributed by atoms with Crippen LogP contribution >= 0.6 is 0 Å². The van der Waals surface area contributed by atoms with Crippen LogP contribution in [-0.2, 0) is 0 Å². The van der Waals surface area contributed by atoms with Crippen LogP contribution in [0.1, 0.15) is 6.92 Å². The molecule has 2 heteroatoms. The Balaban J connectivity index is 3.64. The monoisotopic (exact) mass is 129 g/mol. The van der Waals surface area contributed by atoms with Crippen molar-refractivity contribution in [1.82, 2.24) is 4.90 Å². The first-order valence-corrected chi connectivity index (χ1v) is 3.87. The summed E-state index contributed by atoms with van der Waals surface area (Å²) < 4.78 is 0. The lowest BCUT2D eigenvalue weighted by Crippen LogP contribution is -2.26. The maximum atomic E-state index is 3.90. The lowest BCUT2D eigenvalue weighted by atomic mass is 10.3. The average molecular weight is 129 g/mol. The molecule has 0 aromatic rings. The van der Waals surface area contributed by atoms with E-state index in [0.717, 1.165) is 10.2 Å². The largest absolute Gasteiger partial charge is 0.303 e. The van der Waals surface area contributed by atoms with Crippen LogP contribution in [0.5, 0.6) is 0 Å². The molecule has 0 aromatic heterocycles. The van der Waals surface area contributed by atoms with Crippen molar-refractivity contribution in [2.45, 2.75) is 13.0 Å². The van der Waals surface area contributed by atoms with Gasteiger partial charge in [-0.15, -0.1) is 6.58 Å². The summed E-state index contributed by atoms with van der Waals surface area (Å²) in [6.45, 7) is 6.07. The van der Waals surface area contributed by atoms with Crippen LogP contribution in [0.3, 0.4) is 0 Å². The van der Waals surface area contributed by atoms with Gasteiger partial charge in [0.25, 0.3) is 0 Å². The molecule has 8 heavy (non-hydrogen) atoms. The van der Waals surface area contributed by atoms with Gasteiger partial charge in [-0.25, -0.2) is 0 Å². The van der Waals surface area contributed by atoms with Crippen molar-refractivity contribution < 1.29 is 0 Å². The summed E-state index contributed by atoms with van der Waals surface area (Å²) in [7, 11) is 5.27. The van der Waals surface area contributed by atoms with Crippen molar-refractivity contribution in [3.8, 4) is 0 Å². The molecule has 0 radical (unpaired) electrons. The third-order valence-corrected chi connectivity index (χ3v) is 2.32. The lowest BCUT2D eigenvalue weighted by molar-refractivity contribution is 0.360. The lowest BCUT2D eigenvalue weighted by Gasteiger charge is -2.19. The van der Waals surface area contributed by atoms with Crippen molar-refractivity contribution >= 4 is 10.2 Å². The van der Waals surface area contributed by atoms with Gasteiger partial charge in [-0.2, -0.15) is 0 Å². The molecule has 0 rings (SSSR count). The van der Waals surface area contributed by atoms with Gasteiger partial charge in [0.2, 0.25) is 0 Å². The molecule has 0 heterocycles. The first-order chi connectivity index (χ1) is 3.55. The summed E-state index contributed by atoms with van der Waals surface area (Å²) in [5.74, 6) is 0. The van der Waals surface area contributed by atoms with Gasteiger partial charge in [0, 0.05) is 16.3 Å². The summed E-state index contributed by atoms with van der Waals surface area (Å²) >= 11 is 0. The molecule has 1 unspecified atom stereocenters. The van der Waals surface area contributed by atoms with Crippen LogP contribution in [0.2, 0.25) is 0 Å². The van der Waals surface area contributed by atoms with E-state index in [1.54, 1.807) is 0 Å². The number of hydrogen-bond donors (Lipinski definition) is 0. The highest BCUT2D eigenvalue weighted by atomic mass is 28.1. The van der Waals surface area contributed by atoms with Gasteiger partial charge in [0.15, 0.2) is 0 Å². The van der Waals surface area contributed by atoms with E-state index in [9.17, 15) is 0 Å². The summed E-state index contributed by atoms with van der Waals surface area (Å²) in [5.41, 5.74) is 0. The van der Waals surface area contributed by atoms with Gasteiger partial charge in [0.1, 0.15) is 0 Å². The second kappa shape index (κ2) is 3.05. The van der Waals surface area contributed by atoms with E-state index in [1.165, 1.54) is 5.20 Å². The van der Waals surface area contributed by atoms with Gasteiger partial charge in [-0.3, -0.25) is 0 Å². The Morgan fingerprint density at radius 2 is 2.00 bits per heavy atom. The zero-order valence-electron chi connectivity index (χ0n) is 6.23. The van der Waals surface area contributed by atoms with E-state index < -0.39 is 0 Å². The Morgan fingerprint density at radius 1 is 1.62 bits per heavy atom. The molecule has 0 N–H and O–H groups in total. The molecule has 0 aliphatic carbocycles. The quantitative estimate of drug-likeness (QED) is 0.467. The van der Waals surface area contributed by atoms with E-state index in [1.807, 2.05) is 0 Å². The molecule has 0 bridgehead atoms. The Bertz CT molecular complexity index is 88.5. The predicted octanol–water partition coefficient (Wildman–Crippen LogP) is -0.184. The molecule has 48 valence electrons. The third-order valence-electron chi connectivity index (χ3n) is 1.49. The zero-order chi connectivity index (χ0) is 6.73. The fourth-order valence-corrected chi connectivity index (χ4v) is 0.957. The minimum atomic E-state index is 0.571. The highest BCUT2D eigenvalue weighted by Gasteiger charge is 2.01. The van der Waals surface area contributed by atoms with Gasteiger partial charge in [-0.05, 0) is 21.0 Å². The van der Waals surface area contributed by atoms with Crippen LogP contribution in [0.15, 0.2) is 11.8 Å². The number of nitrogens with zero attached hydrogens (tertiary/aromatic N) is 1. The van der Waals surface area contributed by atoms with E-state index >= 15 is 0 Å². The molecule has 0 aliphatic rings. The first-order valence-electron chi connectivity index (χ1n) is 2.87. The van der Waals surface area contributed by atoms with Crippen LogP contribution in [0.25, 0.3) is 0 Å². The first kappa shape index (κ1) is 7.92. The van der Waals surface area contributed by atoms with Gasteiger partial charge < -0.3 is 4.90 Å². The summed E-state index contributed by atoms with van der Waals surface area (Å²) in [6, 6.07) is 0.571. The molecule has 0 saturated carbocycles. The molecule has 0 fully saturated rings. The summed E-state index contributed by atoms with van der Waals surface area (Å²) in [4.78, 5) is 2.18. The Labute approximate surface area is 54.8 Å². The van der Waals surface area contributed by atoms with Crippen molar-refractivity contribution in [2.24, 2.45) is 0 Å². The highest BCUT2D eigenvalue weighted by molar-refractivity contribution is 6.21. The Morgan fingerprint density at radius 3 is 2.00 bits per heavy atom. The second-order valence-corrected chi connectivity index (χ2v) is 3.77. The van der Waals surface area contributed by atoms with E-state index in [4.69, 9.17) is 0 Å². The second-order valence-electron chi connectivity index (χ2n) is 2.49. The molecule has 0 spiro atoms. The molecule has 0 saturated heterocycles. The van der Waals surface area contributed by atoms with Gasteiger partial charge in [-0.1, -0.05) is 5.20 Å². The van der Waals surface area contributed by atoms with Crippen LogP contribution in [-0.4, -0.2) is 35.3 Å². The van der Waals surface area contributed by atoms with Crippen LogP contribution < -0.4 is 0 Å². The van der Waals surface area contributed by atoms with Crippen molar-refractivity contribution in [1.29, 1.82) is 0 Å². The Kier molecular flexibility index (Phi) is 3.01. The minimum Gasteiger partial charge on any atom is -0.303 e. The number of likely N-dealkylation sites (N-methyl/N-ethyl adjacent to an activating group) is 1. The van der Waals surface area contributed by atoms with E-state index in [-0.39, 0.29) is 0 Å². The summed E-state index contributed by atoms with van der Waals surface area (Å²) in [5, 5.41) is 1.36. The smallest absolute Gasteiger partial charge is 0.0345 e. The molecule has 0 aromatic carbocycles. The number of rotatable bonds is 2. The average Bonchev–Trinajstić information content (AvgIpc) is 1.64. The predicted molar refractivity (Wildman–Crippen MR) is 42.2 cm³/mol. The molecule has 0 amide bonds. The molecular formula is C6H15NSi.